The van der Waals surface area contributed by atoms with E-state index in [0.717, 1.165) is 5.56 Å². The Kier molecular flexibility index (Phi) is 4.95. The Morgan fingerprint density at radius 3 is 2.43 bits per heavy atom. The van der Waals surface area contributed by atoms with Gasteiger partial charge in [0.1, 0.15) is 5.75 Å². The molecule has 4 rings (SSSR count). The van der Waals surface area contributed by atoms with Crippen LogP contribution in [0.2, 0.25) is 0 Å². The molecule has 0 N–H and O–H groups in total. The van der Waals surface area contributed by atoms with Crippen molar-refractivity contribution in [3.8, 4) is 28.7 Å². The van der Waals surface area contributed by atoms with E-state index in [9.17, 15) is 4.79 Å². The number of rotatable bonds is 6. The van der Waals surface area contributed by atoms with Crippen LogP contribution < -0.4 is 14.2 Å². The molecule has 0 saturated heterocycles. The van der Waals surface area contributed by atoms with Gasteiger partial charge in [0.05, 0.1) is 32.1 Å². The zero-order valence-electron chi connectivity index (χ0n) is 15.6. The van der Waals surface area contributed by atoms with Crippen molar-refractivity contribution in [3.05, 3.63) is 47.5 Å². The average molecular weight is 398 g/mol. The van der Waals surface area contributed by atoms with Crippen LogP contribution in [0.25, 0.3) is 11.5 Å². The van der Waals surface area contributed by atoms with Crippen molar-refractivity contribution >= 4 is 17.5 Å². The zero-order chi connectivity index (χ0) is 19.7. The lowest BCUT2D eigenvalue weighted by Gasteiger charge is -2.09. The van der Waals surface area contributed by atoms with E-state index in [-0.39, 0.29) is 11.0 Å². The highest BCUT2D eigenvalue weighted by Crippen LogP contribution is 2.40. The van der Waals surface area contributed by atoms with Gasteiger partial charge in [-0.25, -0.2) is 0 Å². The van der Waals surface area contributed by atoms with Gasteiger partial charge in [0.25, 0.3) is 11.1 Å². The van der Waals surface area contributed by atoms with E-state index in [2.05, 4.69) is 10.2 Å². The first-order valence-electron chi connectivity index (χ1n) is 8.57. The minimum absolute atomic E-state index is 0.0120. The molecular weight excluding hydrogens is 380 g/mol. The maximum atomic E-state index is 12.8. The molecule has 0 fully saturated rings. The molecule has 2 aromatic carbocycles. The van der Waals surface area contributed by atoms with Crippen LogP contribution in [0, 0.1) is 0 Å². The molecule has 0 amide bonds. The number of ether oxygens (including phenoxy) is 3. The van der Waals surface area contributed by atoms with Crippen LogP contribution in [0.5, 0.6) is 17.2 Å². The maximum Gasteiger partial charge on any atom is 0.277 e. The van der Waals surface area contributed by atoms with Gasteiger partial charge in [-0.15, -0.1) is 10.2 Å². The van der Waals surface area contributed by atoms with Crippen LogP contribution in [0.3, 0.4) is 0 Å². The van der Waals surface area contributed by atoms with E-state index in [1.54, 1.807) is 27.4 Å². The normalized spacial score (nSPS) is 15.4. The minimum atomic E-state index is -0.335. The molecule has 0 aliphatic heterocycles. The van der Waals surface area contributed by atoms with Crippen molar-refractivity contribution in [1.29, 1.82) is 0 Å². The number of ketones is 1. The van der Waals surface area contributed by atoms with E-state index in [1.807, 2.05) is 30.3 Å². The van der Waals surface area contributed by atoms with E-state index in [1.165, 1.54) is 11.8 Å². The van der Waals surface area contributed by atoms with Gasteiger partial charge in [-0.05, 0) is 36.2 Å². The number of Topliss-reactive ketones (excluding diaryl/α,β-unsaturated/α-hetero) is 1. The maximum absolute atomic E-state index is 12.8. The Morgan fingerprint density at radius 1 is 0.964 bits per heavy atom. The topological polar surface area (TPSA) is 83.7 Å². The van der Waals surface area contributed by atoms with E-state index >= 15 is 0 Å². The quantitative estimate of drug-likeness (QED) is 0.622. The molecule has 1 heterocycles. The fourth-order valence-corrected chi connectivity index (χ4v) is 4.14. The molecule has 1 aliphatic carbocycles. The van der Waals surface area contributed by atoms with E-state index < -0.39 is 0 Å². The number of hydrogen-bond donors (Lipinski definition) is 0. The summed E-state index contributed by atoms with van der Waals surface area (Å²) >= 11 is 1.26. The second kappa shape index (κ2) is 7.55. The van der Waals surface area contributed by atoms with Gasteiger partial charge in [-0.2, -0.15) is 0 Å². The summed E-state index contributed by atoms with van der Waals surface area (Å²) in [5.74, 6) is 2.16. The molecule has 1 aliphatic rings. The molecule has 28 heavy (non-hydrogen) atoms. The standard InChI is InChI=1S/C20H18N2O5S/c1-24-14-7-5-4-6-12(14)19-21-22-20(27-19)28-17-9-11-8-15(25-2)16(26-3)10-13(11)18(17)23/h4-8,10,17H,9H2,1-3H3. The fourth-order valence-electron chi connectivity index (χ4n) is 3.19. The number of para-hydroxylation sites is 1. The first-order valence-corrected chi connectivity index (χ1v) is 9.45. The van der Waals surface area contributed by atoms with Gasteiger partial charge >= 0.3 is 0 Å². The van der Waals surface area contributed by atoms with Crippen LogP contribution in [-0.2, 0) is 6.42 Å². The molecule has 7 nitrogen and oxygen atoms in total. The third kappa shape index (κ3) is 3.20. The van der Waals surface area contributed by atoms with E-state index in [0.29, 0.717) is 45.9 Å². The highest BCUT2D eigenvalue weighted by molar-refractivity contribution is 8.00. The molecule has 144 valence electrons. The summed E-state index contributed by atoms with van der Waals surface area (Å²) in [5.41, 5.74) is 2.27. The Bertz CT molecular complexity index is 1030. The monoisotopic (exact) mass is 398 g/mol. The molecule has 0 saturated carbocycles. The highest BCUT2D eigenvalue weighted by Gasteiger charge is 2.34. The van der Waals surface area contributed by atoms with Crippen molar-refractivity contribution in [3.63, 3.8) is 0 Å². The van der Waals surface area contributed by atoms with Crippen molar-refractivity contribution in [2.45, 2.75) is 16.9 Å². The lowest BCUT2D eigenvalue weighted by Crippen LogP contribution is -2.11. The Balaban J connectivity index is 1.56. The Labute approximate surface area is 166 Å². The third-order valence-corrected chi connectivity index (χ3v) is 5.59. The molecule has 8 heteroatoms. The molecule has 1 atom stereocenters. The van der Waals surface area contributed by atoms with Crippen LogP contribution in [-0.4, -0.2) is 42.6 Å². The molecule has 1 unspecified atom stereocenters. The van der Waals surface area contributed by atoms with Gasteiger partial charge in [-0.1, -0.05) is 23.9 Å². The van der Waals surface area contributed by atoms with Gasteiger partial charge in [0.15, 0.2) is 17.3 Å². The number of carbonyl (C=O) groups excluding carboxylic acids is 1. The van der Waals surface area contributed by atoms with Gasteiger partial charge in [-0.3, -0.25) is 4.79 Å². The summed E-state index contributed by atoms with van der Waals surface area (Å²) in [6, 6.07) is 11.0. The summed E-state index contributed by atoms with van der Waals surface area (Å²) in [5, 5.41) is 8.19. The first kappa shape index (κ1) is 18.4. The van der Waals surface area contributed by atoms with Gasteiger partial charge in [0, 0.05) is 5.56 Å². The number of methoxy groups -OCH3 is 3. The molecule has 1 aromatic heterocycles. The Hall–Kier alpha value is -3.00. The first-order chi connectivity index (χ1) is 13.6. The lowest BCUT2D eigenvalue weighted by atomic mass is 10.1. The van der Waals surface area contributed by atoms with Crippen LogP contribution >= 0.6 is 11.8 Å². The summed E-state index contributed by atoms with van der Waals surface area (Å²) in [7, 11) is 4.71. The van der Waals surface area contributed by atoms with Gasteiger partial charge in [0.2, 0.25) is 0 Å². The number of nitrogens with zero attached hydrogens (tertiary/aromatic N) is 2. The number of hydrogen-bond acceptors (Lipinski definition) is 8. The van der Waals surface area contributed by atoms with Crippen LogP contribution in [0.1, 0.15) is 15.9 Å². The predicted octanol–water partition coefficient (Wildman–Crippen LogP) is 3.66. The smallest absolute Gasteiger partial charge is 0.277 e. The molecular formula is C20H18N2O5S. The number of benzene rings is 2. The summed E-state index contributed by atoms with van der Waals surface area (Å²) in [6.45, 7) is 0. The molecule has 0 spiro atoms. The number of fused-ring (bicyclic) bond motifs is 1. The van der Waals surface area contributed by atoms with E-state index in [4.69, 9.17) is 18.6 Å². The van der Waals surface area contributed by atoms with Crippen molar-refractivity contribution in [2.24, 2.45) is 0 Å². The number of carbonyl (C=O) groups is 1. The second-order valence-electron chi connectivity index (χ2n) is 6.11. The second-order valence-corrected chi connectivity index (χ2v) is 7.27. The third-order valence-electron chi connectivity index (χ3n) is 4.56. The SMILES string of the molecule is COc1cc2c(cc1OC)C(=O)C(Sc1nnc(-c3ccccc3OC)o1)C2. The molecule has 0 bridgehead atoms. The predicted molar refractivity (Wildman–Crippen MR) is 104 cm³/mol. The van der Waals surface area contributed by atoms with Crippen molar-refractivity contribution < 1.29 is 23.4 Å². The summed E-state index contributed by atoms with van der Waals surface area (Å²) in [4.78, 5) is 12.8. The molecule has 0 radical (unpaired) electrons. The minimum Gasteiger partial charge on any atom is -0.496 e. The Morgan fingerprint density at radius 2 is 1.68 bits per heavy atom. The lowest BCUT2D eigenvalue weighted by molar-refractivity contribution is 0.0999. The van der Waals surface area contributed by atoms with Crippen LogP contribution in [0.4, 0.5) is 0 Å². The number of thioether (sulfide) groups is 1. The van der Waals surface area contributed by atoms with Gasteiger partial charge < -0.3 is 18.6 Å². The largest absolute Gasteiger partial charge is 0.496 e. The molecule has 3 aromatic rings. The average Bonchev–Trinajstić information content (AvgIpc) is 3.31. The van der Waals surface area contributed by atoms with Crippen molar-refractivity contribution in [2.75, 3.05) is 21.3 Å². The zero-order valence-corrected chi connectivity index (χ0v) is 16.4. The number of aromatic nitrogens is 2. The summed E-state index contributed by atoms with van der Waals surface area (Å²) < 4.78 is 21.7. The summed E-state index contributed by atoms with van der Waals surface area (Å²) in [6.07, 6.45) is 0.561. The van der Waals surface area contributed by atoms with Crippen molar-refractivity contribution in [1.82, 2.24) is 10.2 Å². The fraction of sp³-hybridized carbons (Fsp3) is 0.250. The highest BCUT2D eigenvalue weighted by atomic mass is 32.2. The van der Waals surface area contributed by atoms with Crippen LogP contribution in [0.15, 0.2) is 46.0 Å².